The average Bonchev–Trinajstić information content (AvgIpc) is 3.35. The summed E-state index contributed by atoms with van der Waals surface area (Å²) < 4.78 is 41.1. The van der Waals surface area contributed by atoms with Gasteiger partial charge in [-0.15, -0.1) is 0 Å². The van der Waals surface area contributed by atoms with Crippen LogP contribution in [0.5, 0.6) is 0 Å². The van der Waals surface area contributed by atoms with Crippen molar-refractivity contribution in [1.29, 1.82) is 5.26 Å². The van der Waals surface area contributed by atoms with Gasteiger partial charge < -0.3 is 15.5 Å². The van der Waals surface area contributed by atoms with Crippen LogP contribution < -0.4 is 16.0 Å². The first-order valence-electron chi connectivity index (χ1n) is 10.8. The number of piperidine rings is 1. The average molecular weight is 463 g/mol. The Labute approximate surface area is 188 Å². The smallest absolute Gasteiger partial charge is 0.365 e. The van der Waals surface area contributed by atoms with Crippen LogP contribution in [0.25, 0.3) is 0 Å². The van der Waals surface area contributed by atoms with E-state index in [9.17, 15) is 22.8 Å². The normalized spacial score (nSPS) is 28.3. The van der Waals surface area contributed by atoms with E-state index in [0.29, 0.717) is 19.5 Å². The van der Waals surface area contributed by atoms with E-state index in [-0.39, 0.29) is 29.7 Å². The van der Waals surface area contributed by atoms with E-state index in [4.69, 9.17) is 5.26 Å². The van der Waals surface area contributed by atoms with Gasteiger partial charge in [0.25, 0.3) is 0 Å². The Bertz CT molecular complexity index is 1010. The number of nitriles is 1. The second kappa shape index (κ2) is 8.88. The summed E-state index contributed by atoms with van der Waals surface area (Å²) in [5.74, 6) is -2.00. The summed E-state index contributed by atoms with van der Waals surface area (Å²) in [6.07, 6.45) is 3.46. The van der Waals surface area contributed by atoms with Gasteiger partial charge in [0.2, 0.25) is 17.8 Å². The fourth-order valence-corrected chi connectivity index (χ4v) is 5.01. The molecular weight excluding hydrogens is 439 g/mol. The van der Waals surface area contributed by atoms with E-state index in [1.54, 1.807) is 11.1 Å². The number of hydrogen-bond donors (Lipinski definition) is 3. The molecule has 1 saturated heterocycles. The molecule has 1 aromatic rings. The monoisotopic (exact) mass is 463 g/mol. The van der Waals surface area contributed by atoms with Gasteiger partial charge >= 0.3 is 6.18 Å². The van der Waals surface area contributed by atoms with Gasteiger partial charge in [-0.3, -0.25) is 14.9 Å². The van der Waals surface area contributed by atoms with E-state index >= 15 is 0 Å². The molecule has 12 heteroatoms. The number of aromatic nitrogens is 2. The molecule has 5 atom stereocenters. The molecule has 9 nitrogen and oxygen atoms in total. The zero-order valence-corrected chi connectivity index (χ0v) is 17.9. The fourth-order valence-electron chi connectivity index (χ4n) is 5.01. The maximum atomic E-state index is 13.7. The van der Waals surface area contributed by atoms with Crippen molar-refractivity contribution in [3.8, 4) is 6.19 Å². The molecule has 0 aromatic carbocycles. The Hall–Kier alpha value is -3.36. The second-order valence-electron chi connectivity index (χ2n) is 8.65. The number of allylic oxidation sites excluding steroid dienone is 1. The van der Waals surface area contributed by atoms with Gasteiger partial charge in [-0.05, 0) is 31.1 Å². The minimum Gasteiger partial charge on any atom is -0.365 e. The van der Waals surface area contributed by atoms with Crippen molar-refractivity contribution >= 4 is 23.6 Å². The molecule has 2 fully saturated rings. The Morgan fingerprint density at radius 3 is 2.70 bits per heavy atom. The maximum absolute atomic E-state index is 13.7. The Morgan fingerprint density at radius 2 is 2.00 bits per heavy atom. The van der Waals surface area contributed by atoms with Crippen molar-refractivity contribution < 1.29 is 22.8 Å². The van der Waals surface area contributed by atoms with Gasteiger partial charge in [0, 0.05) is 38.3 Å². The predicted octanol–water partition coefficient (Wildman–Crippen LogP) is 2.12. The number of alkyl halides is 3. The standard InChI is InChI=1S/C21H24F3N7O2/c1-11(32)31-6-2-3-14(9-31)28-20-26-8-15(21(22,23)24)18(30-20)29-17-13-5-4-12(7-13)16(17)19(33)27-10-25/h4-5,8,12-14,16-17H,2-3,6-7,9H2,1H3,(H,27,33)(H2,26,28,29,30). The zero-order valence-electron chi connectivity index (χ0n) is 17.9. The first-order valence-corrected chi connectivity index (χ1v) is 10.8. The number of nitrogens with zero attached hydrogens (tertiary/aromatic N) is 4. The molecule has 5 unspecified atom stereocenters. The number of amides is 2. The van der Waals surface area contributed by atoms with Crippen LogP contribution in [0.1, 0.15) is 31.7 Å². The molecule has 2 amide bonds. The van der Waals surface area contributed by atoms with Crippen LogP contribution in [0.15, 0.2) is 18.3 Å². The summed E-state index contributed by atoms with van der Waals surface area (Å²) in [5.41, 5.74) is -1.03. The van der Waals surface area contributed by atoms with Crippen molar-refractivity contribution in [2.45, 2.75) is 44.4 Å². The van der Waals surface area contributed by atoms with E-state index in [2.05, 4.69) is 25.9 Å². The zero-order chi connectivity index (χ0) is 23.8. The molecule has 1 aliphatic heterocycles. The largest absolute Gasteiger partial charge is 0.421 e. The number of anilines is 2. The van der Waals surface area contributed by atoms with Crippen LogP contribution >= 0.6 is 0 Å². The number of carbonyl (C=O) groups excluding carboxylic acids is 2. The van der Waals surface area contributed by atoms with Gasteiger partial charge in [-0.2, -0.15) is 23.4 Å². The molecule has 0 radical (unpaired) electrons. The van der Waals surface area contributed by atoms with Gasteiger partial charge in [-0.1, -0.05) is 12.2 Å². The third-order valence-electron chi connectivity index (χ3n) is 6.54. The molecule has 4 rings (SSSR count). The van der Waals surface area contributed by atoms with Crippen molar-refractivity contribution in [3.63, 3.8) is 0 Å². The number of likely N-dealkylation sites (tertiary alicyclic amines) is 1. The van der Waals surface area contributed by atoms with Crippen molar-refractivity contribution in [2.24, 2.45) is 17.8 Å². The molecule has 3 N–H and O–H groups in total. The third-order valence-corrected chi connectivity index (χ3v) is 6.54. The van der Waals surface area contributed by atoms with Crippen LogP contribution in [0.4, 0.5) is 24.9 Å². The number of rotatable bonds is 5. The number of fused-ring (bicyclic) bond motifs is 2. The van der Waals surface area contributed by atoms with E-state index in [1.165, 1.54) is 6.92 Å². The number of halogens is 3. The topological polar surface area (TPSA) is 123 Å². The lowest BCUT2D eigenvalue weighted by atomic mass is 9.88. The summed E-state index contributed by atoms with van der Waals surface area (Å²) in [4.78, 5) is 33.7. The summed E-state index contributed by atoms with van der Waals surface area (Å²) in [6, 6.07) is -0.827. The third kappa shape index (κ3) is 4.72. The predicted molar refractivity (Wildman–Crippen MR) is 111 cm³/mol. The highest BCUT2D eigenvalue weighted by Crippen LogP contribution is 2.46. The molecule has 3 aliphatic rings. The van der Waals surface area contributed by atoms with Crippen LogP contribution in [0, 0.1) is 29.2 Å². The molecule has 2 aliphatic carbocycles. The van der Waals surface area contributed by atoms with Gasteiger partial charge in [0.1, 0.15) is 11.4 Å². The van der Waals surface area contributed by atoms with E-state index in [0.717, 1.165) is 19.0 Å². The lowest BCUT2D eigenvalue weighted by Gasteiger charge is -2.32. The Kier molecular flexibility index (Phi) is 6.14. The lowest BCUT2D eigenvalue weighted by Crippen LogP contribution is -2.44. The minimum atomic E-state index is -4.70. The van der Waals surface area contributed by atoms with Crippen LogP contribution in [0.3, 0.4) is 0 Å². The molecule has 1 aromatic heterocycles. The Morgan fingerprint density at radius 1 is 1.24 bits per heavy atom. The first kappa shape index (κ1) is 22.8. The first-order chi connectivity index (χ1) is 15.7. The SMILES string of the molecule is CC(=O)N1CCCC(Nc2ncc(C(F)(F)F)c(NC3C4C=CC(C4)C3C(=O)NC#N)n2)C1. The second-order valence-corrected chi connectivity index (χ2v) is 8.65. The van der Waals surface area contributed by atoms with Gasteiger partial charge in [-0.25, -0.2) is 4.98 Å². The van der Waals surface area contributed by atoms with Crippen molar-refractivity contribution in [2.75, 3.05) is 23.7 Å². The molecular formula is C21H24F3N7O2. The highest BCUT2D eigenvalue weighted by atomic mass is 19.4. The van der Waals surface area contributed by atoms with Crippen LogP contribution in [-0.4, -0.2) is 51.9 Å². The highest BCUT2D eigenvalue weighted by Gasteiger charge is 2.49. The Balaban J connectivity index is 1.58. The van der Waals surface area contributed by atoms with Crippen molar-refractivity contribution in [1.82, 2.24) is 20.2 Å². The minimum absolute atomic E-state index is 0.0117. The highest BCUT2D eigenvalue weighted by molar-refractivity contribution is 5.82. The summed E-state index contributed by atoms with van der Waals surface area (Å²) in [5, 5.41) is 16.8. The van der Waals surface area contributed by atoms with Gasteiger partial charge in [0.05, 0.1) is 5.92 Å². The summed E-state index contributed by atoms with van der Waals surface area (Å²) >= 11 is 0. The van der Waals surface area contributed by atoms with Crippen LogP contribution in [-0.2, 0) is 15.8 Å². The molecule has 176 valence electrons. The van der Waals surface area contributed by atoms with Crippen LogP contribution in [0.2, 0.25) is 0 Å². The molecule has 2 bridgehead atoms. The van der Waals surface area contributed by atoms with Crippen molar-refractivity contribution in [3.05, 3.63) is 23.9 Å². The number of nitrogens with one attached hydrogen (secondary N) is 3. The van der Waals surface area contributed by atoms with E-state index in [1.807, 2.05) is 12.2 Å². The molecule has 2 heterocycles. The molecule has 33 heavy (non-hydrogen) atoms. The number of carbonyl (C=O) groups is 2. The number of hydrogen-bond acceptors (Lipinski definition) is 7. The quantitative estimate of drug-likeness (QED) is 0.347. The molecule has 1 saturated carbocycles. The summed E-state index contributed by atoms with van der Waals surface area (Å²) in [6.45, 7) is 2.52. The maximum Gasteiger partial charge on any atom is 0.421 e. The van der Waals surface area contributed by atoms with Gasteiger partial charge in [0.15, 0.2) is 6.19 Å². The van der Waals surface area contributed by atoms with E-state index < -0.39 is 35.4 Å². The lowest BCUT2D eigenvalue weighted by molar-refractivity contribution is -0.137. The molecule has 0 spiro atoms. The fraction of sp³-hybridized carbons (Fsp3) is 0.571. The summed E-state index contributed by atoms with van der Waals surface area (Å²) in [7, 11) is 0.